The van der Waals surface area contributed by atoms with Gasteiger partial charge < -0.3 is 0 Å². The van der Waals surface area contributed by atoms with Crippen molar-refractivity contribution in [2.75, 3.05) is 0 Å². The zero-order valence-corrected chi connectivity index (χ0v) is 8.32. The largest absolute Gasteiger partial charge is 0.440 e. The molecule has 92 valence electrons. The van der Waals surface area contributed by atoms with Crippen LogP contribution in [0.5, 0.6) is 0 Å². The number of alkyl halides is 3. The van der Waals surface area contributed by atoms with Crippen molar-refractivity contribution in [3.05, 3.63) is 37.1 Å². The second-order valence-corrected chi connectivity index (χ2v) is 3.04. The normalized spacial score (nSPS) is 11.3. The fraction of sp³-hybridized carbons (Fsp3) is 0.167. The summed E-state index contributed by atoms with van der Waals surface area (Å²) >= 11 is 5.13. The van der Waals surface area contributed by atoms with Crippen LogP contribution < -0.4 is 0 Å². The van der Waals surface area contributed by atoms with Crippen LogP contribution in [0.25, 0.3) is 0 Å². The molecule has 1 rings (SSSR count). The predicted octanol–water partition coefficient (Wildman–Crippen LogP) is 2.57. The van der Waals surface area contributed by atoms with E-state index in [1.165, 1.54) is 0 Å². The fourth-order valence-corrected chi connectivity index (χ4v) is 1.15. The van der Waals surface area contributed by atoms with E-state index in [0.717, 1.165) is 0 Å². The smallest absolute Gasteiger partial charge is 0.258 e. The van der Waals surface area contributed by atoms with Crippen LogP contribution in [0, 0.1) is 20.2 Å². The molecule has 0 aliphatic rings. The molecule has 0 N–H and O–H groups in total. The Morgan fingerprint density at radius 2 is 1.65 bits per heavy atom. The monoisotopic (exact) mass is 271 g/mol. The summed E-state index contributed by atoms with van der Waals surface area (Å²) in [6, 6.07) is 0.123. The number of hydrogen-bond acceptors (Lipinski definition) is 5. The molecule has 0 aromatic carbocycles. The van der Waals surface area contributed by atoms with Crippen molar-refractivity contribution in [2.45, 2.75) is 6.18 Å². The van der Waals surface area contributed by atoms with Crippen molar-refractivity contribution in [3.8, 4) is 0 Å². The summed E-state index contributed by atoms with van der Waals surface area (Å²) in [4.78, 5) is 20.8. The molecule has 1 aromatic heterocycles. The van der Waals surface area contributed by atoms with E-state index in [0.29, 0.717) is 0 Å². The highest BCUT2D eigenvalue weighted by molar-refractivity contribution is 6.31. The van der Waals surface area contributed by atoms with Crippen LogP contribution in [-0.2, 0) is 6.18 Å². The topological polar surface area (TPSA) is 99.2 Å². The first-order valence-corrected chi connectivity index (χ1v) is 4.09. The van der Waals surface area contributed by atoms with E-state index in [1.807, 2.05) is 0 Å². The summed E-state index contributed by atoms with van der Waals surface area (Å²) in [5.41, 5.74) is -4.46. The molecule has 0 bridgehead atoms. The average Bonchev–Trinajstić information content (AvgIpc) is 2.14. The van der Waals surface area contributed by atoms with E-state index in [9.17, 15) is 33.4 Å². The highest BCUT2D eigenvalue weighted by atomic mass is 35.5. The van der Waals surface area contributed by atoms with Gasteiger partial charge in [0.05, 0.1) is 15.9 Å². The van der Waals surface area contributed by atoms with Gasteiger partial charge in [0.25, 0.3) is 0 Å². The minimum atomic E-state index is -5.12. The molecule has 0 aliphatic heterocycles. The Bertz CT molecular complexity index is 504. The van der Waals surface area contributed by atoms with Gasteiger partial charge in [0, 0.05) is 0 Å². The molecule has 11 heteroatoms. The molecule has 0 atom stereocenters. The maximum atomic E-state index is 12.3. The van der Waals surface area contributed by atoms with Gasteiger partial charge in [-0.15, -0.1) is 0 Å². The van der Waals surface area contributed by atoms with Crippen molar-refractivity contribution >= 4 is 23.0 Å². The first-order chi connectivity index (χ1) is 7.64. The van der Waals surface area contributed by atoms with Crippen LogP contribution >= 0.6 is 11.6 Å². The molecular formula is C6HClF3N3O4. The Hall–Kier alpha value is -1.97. The van der Waals surface area contributed by atoms with Gasteiger partial charge >= 0.3 is 17.6 Å². The SMILES string of the molecule is O=[N+]([O-])c1cc([N+](=O)[O-])c(C(F)(F)F)nc1Cl. The van der Waals surface area contributed by atoms with Crippen LogP contribution in [0.4, 0.5) is 24.5 Å². The highest BCUT2D eigenvalue weighted by Gasteiger charge is 2.42. The molecule has 17 heavy (non-hydrogen) atoms. The van der Waals surface area contributed by atoms with Crippen LogP contribution in [0.3, 0.4) is 0 Å². The van der Waals surface area contributed by atoms with E-state index in [4.69, 9.17) is 11.6 Å². The second-order valence-electron chi connectivity index (χ2n) is 2.68. The maximum absolute atomic E-state index is 12.3. The predicted molar refractivity (Wildman–Crippen MR) is 47.6 cm³/mol. The standard InChI is InChI=1S/C6HClF3N3O4/c7-5-3(13(16)17)1-2(12(14)15)4(11-5)6(8,9)10/h1H. The Morgan fingerprint density at radius 3 is 2.00 bits per heavy atom. The number of pyridine rings is 1. The van der Waals surface area contributed by atoms with Gasteiger partial charge in [0.15, 0.2) is 0 Å². The quantitative estimate of drug-likeness (QED) is 0.467. The van der Waals surface area contributed by atoms with E-state index in [-0.39, 0.29) is 6.07 Å². The molecule has 0 spiro atoms. The minimum absolute atomic E-state index is 0.123. The molecule has 0 amide bonds. The summed E-state index contributed by atoms with van der Waals surface area (Å²) < 4.78 is 37.0. The van der Waals surface area contributed by atoms with Crippen molar-refractivity contribution in [3.63, 3.8) is 0 Å². The highest BCUT2D eigenvalue weighted by Crippen LogP contribution is 2.38. The second kappa shape index (κ2) is 4.13. The zero-order chi connectivity index (χ0) is 13.4. The lowest BCUT2D eigenvalue weighted by Gasteiger charge is -2.06. The Labute approximate surface area is 95.1 Å². The first kappa shape index (κ1) is 13.1. The molecule has 0 radical (unpaired) electrons. The van der Waals surface area contributed by atoms with Crippen LogP contribution in [0.2, 0.25) is 5.15 Å². The van der Waals surface area contributed by atoms with Gasteiger partial charge in [0.2, 0.25) is 10.8 Å². The van der Waals surface area contributed by atoms with Gasteiger partial charge in [-0.3, -0.25) is 20.2 Å². The Morgan fingerprint density at radius 1 is 1.18 bits per heavy atom. The van der Waals surface area contributed by atoms with Crippen LogP contribution in [0.1, 0.15) is 5.69 Å². The van der Waals surface area contributed by atoms with Crippen molar-refractivity contribution in [2.24, 2.45) is 0 Å². The number of halogens is 4. The van der Waals surface area contributed by atoms with Gasteiger partial charge in [-0.25, -0.2) is 4.98 Å². The van der Waals surface area contributed by atoms with Gasteiger partial charge in [0.1, 0.15) is 0 Å². The van der Waals surface area contributed by atoms with Crippen LogP contribution in [-0.4, -0.2) is 14.8 Å². The molecule has 0 fully saturated rings. The zero-order valence-electron chi connectivity index (χ0n) is 7.56. The molecular weight excluding hydrogens is 271 g/mol. The first-order valence-electron chi connectivity index (χ1n) is 3.71. The summed E-state index contributed by atoms with van der Waals surface area (Å²) in [6.45, 7) is 0. The Balaban J connectivity index is 3.58. The number of rotatable bonds is 2. The van der Waals surface area contributed by atoms with Gasteiger partial charge in [-0.05, 0) is 0 Å². The summed E-state index contributed by atoms with van der Waals surface area (Å²) in [5.74, 6) is 0. The molecule has 0 saturated heterocycles. The lowest BCUT2D eigenvalue weighted by molar-refractivity contribution is -0.396. The number of aromatic nitrogens is 1. The molecule has 0 saturated carbocycles. The molecule has 1 aromatic rings. The number of nitro groups is 2. The fourth-order valence-electron chi connectivity index (χ4n) is 0.946. The van der Waals surface area contributed by atoms with Gasteiger partial charge in [-0.2, -0.15) is 13.2 Å². The van der Waals surface area contributed by atoms with E-state index in [2.05, 4.69) is 4.98 Å². The van der Waals surface area contributed by atoms with Crippen molar-refractivity contribution < 1.29 is 23.0 Å². The summed E-state index contributed by atoms with van der Waals surface area (Å²) in [5, 5.41) is 19.6. The average molecular weight is 272 g/mol. The maximum Gasteiger partial charge on any atom is 0.440 e. The third kappa shape index (κ3) is 2.58. The van der Waals surface area contributed by atoms with E-state index < -0.39 is 38.2 Å². The van der Waals surface area contributed by atoms with E-state index in [1.54, 1.807) is 0 Å². The number of hydrogen-bond donors (Lipinski definition) is 0. The minimum Gasteiger partial charge on any atom is -0.258 e. The summed E-state index contributed by atoms with van der Waals surface area (Å²) in [6.07, 6.45) is -5.12. The third-order valence-corrected chi connectivity index (χ3v) is 1.88. The molecule has 0 aliphatic carbocycles. The van der Waals surface area contributed by atoms with Gasteiger partial charge in [-0.1, -0.05) is 11.6 Å². The Kier molecular flexibility index (Phi) is 3.18. The van der Waals surface area contributed by atoms with Crippen molar-refractivity contribution in [1.82, 2.24) is 4.98 Å². The number of nitrogens with zero attached hydrogens (tertiary/aromatic N) is 3. The molecule has 0 unspecified atom stereocenters. The lowest BCUT2D eigenvalue weighted by atomic mass is 10.2. The molecule has 7 nitrogen and oxygen atoms in total. The summed E-state index contributed by atoms with van der Waals surface area (Å²) in [7, 11) is 0. The molecule has 1 heterocycles. The third-order valence-electron chi connectivity index (χ3n) is 1.60. The lowest BCUT2D eigenvalue weighted by Crippen LogP contribution is -2.12. The van der Waals surface area contributed by atoms with Crippen molar-refractivity contribution in [1.29, 1.82) is 0 Å². The van der Waals surface area contributed by atoms with Crippen LogP contribution in [0.15, 0.2) is 6.07 Å². The van der Waals surface area contributed by atoms with E-state index >= 15 is 0 Å².